The number of allylic oxidation sites excluding steroid dienone is 1. The van der Waals surface area contributed by atoms with Gasteiger partial charge in [0.1, 0.15) is 11.4 Å². The molecule has 5 fully saturated rings. The predicted molar refractivity (Wildman–Crippen MR) is 237 cm³/mol. The number of thioether (sulfide) groups is 1. The molecule has 3 amide bonds. The first-order valence-corrected chi connectivity index (χ1v) is 23.8. The summed E-state index contributed by atoms with van der Waals surface area (Å²) in [6.07, 6.45) is 16.7. The molecule has 14 unspecified atom stereocenters. The third-order valence-corrected chi connectivity index (χ3v) is 16.5. The van der Waals surface area contributed by atoms with Crippen molar-refractivity contribution in [1.29, 1.82) is 0 Å². The maximum Gasteiger partial charge on any atom is 0.253 e. The first kappa shape index (κ1) is 50.9. The second-order valence-corrected chi connectivity index (χ2v) is 20.0. The molecule has 336 valence electrons. The van der Waals surface area contributed by atoms with E-state index in [0.717, 1.165) is 62.7 Å². The van der Waals surface area contributed by atoms with Crippen LogP contribution in [-0.4, -0.2) is 93.4 Å². The van der Waals surface area contributed by atoms with Crippen molar-refractivity contribution in [3.63, 3.8) is 0 Å². The third-order valence-electron chi connectivity index (χ3n) is 15.0. The lowest BCUT2D eigenvalue weighted by atomic mass is 9.43. The van der Waals surface area contributed by atoms with Crippen molar-refractivity contribution in [3.05, 3.63) is 11.3 Å². The summed E-state index contributed by atoms with van der Waals surface area (Å²) < 4.78 is 0. The summed E-state index contributed by atoms with van der Waals surface area (Å²) in [6, 6.07) is -0.570. The number of hydrogen-bond donors (Lipinski definition) is 6. The van der Waals surface area contributed by atoms with Gasteiger partial charge in [0.2, 0.25) is 12.3 Å². The topological polar surface area (TPSA) is 168 Å². The van der Waals surface area contributed by atoms with E-state index in [1.54, 1.807) is 18.8 Å². The molecule has 4 saturated carbocycles. The van der Waals surface area contributed by atoms with Gasteiger partial charge in [0.05, 0.1) is 30.2 Å². The Balaban J connectivity index is 0.000000434. The van der Waals surface area contributed by atoms with Gasteiger partial charge in [-0.05, 0) is 123 Å². The lowest BCUT2D eigenvalue weighted by Crippen LogP contribution is -2.70. The van der Waals surface area contributed by atoms with Crippen LogP contribution in [0, 0.1) is 64.6 Å². The monoisotopic (exact) mass is 845 g/mol. The molecule has 6 N–H and O–H groups in total. The first-order valence-electron chi connectivity index (χ1n) is 22.8. The second-order valence-electron chi connectivity index (χ2n) is 18.9. The fourth-order valence-electron chi connectivity index (χ4n) is 11.7. The van der Waals surface area contributed by atoms with E-state index in [2.05, 4.69) is 63.4 Å². The van der Waals surface area contributed by atoms with Crippen LogP contribution in [-0.2, 0) is 19.2 Å². The van der Waals surface area contributed by atoms with E-state index >= 15 is 0 Å². The highest BCUT2D eigenvalue weighted by atomic mass is 32.2. The van der Waals surface area contributed by atoms with E-state index in [9.17, 15) is 34.5 Å². The number of unbranched alkanes of at least 4 members (excludes halogenated alkanes) is 1. The zero-order chi connectivity index (χ0) is 44.2. The first-order chi connectivity index (χ1) is 28.0. The Morgan fingerprint density at radius 2 is 1.66 bits per heavy atom. The summed E-state index contributed by atoms with van der Waals surface area (Å²) in [5.74, 6) is 5.22. The molecule has 0 radical (unpaired) electrons. The Bertz CT molecular complexity index is 1470. The van der Waals surface area contributed by atoms with Gasteiger partial charge in [-0.25, -0.2) is 0 Å². The van der Waals surface area contributed by atoms with Crippen molar-refractivity contribution in [1.82, 2.24) is 20.9 Å². The Labute approximate surface area is 360 Å². The average Bonchev–Trinajstić information content (AvgIpc) is 3.58. The Hall–Kier alpha value is -2.43. The van der Waals surface area contributed by atoms with Crippen LogP contribution in [0.3, 0.4) is 0 Å². The summed E-state index contributed by atoms with van der Waals surface area (Å²) in [6.45, 7) is 19.6. The molecule has 0 aromatic carbocycles. The van der Waals surface area contributed by atoms with E-state index in [1.807, 2.05) is 20.8 Å². The summed E-state index contributed by atoms with van der Waals surface area (Å²) in [7, 11) is 1.73. The van der Waals surface area contributed by atoms with Gasteiger partial charge in [-0.1, -0.05) is 74.7 Å². The number of aldehydes is 1. The highest BCUT2D eigenvalue weighted by molar-refractivity contribution is 8.00. The molecule has 0 aromatic rings. The zero-order valence-corrected chi connectivity index (χ0v) is 38.8. The highest BCUT2D eigenvalue weighted by Crippen LogP contribution is 2.68. The minimum Gasteiger partial charge on any atom is -0.393 e. The van der Waals surface area contributed by atoms with E-state index in [-0.39, 0.29) is 52.1 Å². The number of hydrogen-bond acceptors (Lipinski definition) is 9. The summed E-state index contributed by atoms with van der Waals surface area (Å²) in [5.41, 5.74) is 1.36. The number of amides is 3. The number of nitrogens with one attached hydrogen (secondary N) is 3. The van der Waals surface area contributed by atoms with Crippen molar-refractivity contribution in [2.24, 2.45) is 52.3 Å². The molecule has 6 aliphatic rings. The van der Waals surface area contributed by atoms with Crippen molar-refractivity contribution in [3.8, 4) is 12.3 Å². The number of carbonyl (C=O) groups excluding carboxylic acids is 4. The van der Waals surface area contributed by atoms with Crippen LogP contribution < -0.4 is 16.0 Å². The molecule has 2 heterocycles. The molecule has 2 aliphatic heterocycles. The van der Waals surface area contributed by atoms with Crippen LogP contribution >= 0.6 is 11.8 Å². The smallest absolute Gasteiger partial charge is 0.253 e. The SMILES string of the molecule is C#CCC(NC)NC=O.CC.CC1=C(C=O)N2C(=O)C(NC(=O)CCC(C)C3CCC4C5C(O)C(O)C6CC(O)CCC6(C)C5CCC34C)C2SC1.CCCCC(C)C. The molecule has 6 rings (SSSR count). The van der Waals surface area contributed by atoms with Gasteiger partial charge in [0.25, 0.3) is 5.91 Å². The lowest BCUT2D eigenvalue weighted by Gasteiger charge is -2.63. The van der Waals surface area contributed by atoms with E-state index in [1.165, 1.54) is 24.2 Å². The summed E-state index contributed by atoms with van der Waals surface area (Å²) >= 11 is 1.59. The molecule has 0 aromatic heterocycles. The van der Waals surface area contributed by atoms with Gasteiger partial charge in [-0.15, -0.1) is 24.1 Å². The summed E-state index contributed by atoms with van der Waals surface area (Å²) in [5, 5.41) is 41.2. The predicted octanol–water partition coefficient (Wildman–Crippen LogP) is 6.40. The lowest BCUT2D eigenvalue weighted by molar-refractivity contribution is -0.223. The van der Waals surface area contributed by atoms with Crippen molar-refractivity contribution in [2.45, 2.75) is 182 Å². The van der Waals surface area contributed by atoms with Gasteiger partial charge in [-0.2, -0.15) is 0 Å². The Kier molecular flexibility index (Phi) is 20.0. The van der Waals surface area contributed by atoms with Gasteiger partial charge in [0.15, 0.2) is 6.29 Å². The second kappa shape index (κ2) is 23.1. The van der Waals surface area contributed by atoms with Crippen LogP contribution in [0.15, 0.2) is 11.3 Å². The molecule has 0 bridgehead atoms. The molecular formula is C47H80N4O7S. The molecule has 0 spiro atoms. The molecule has 4 aliphatic carbocycles. The Morgan fingerprint density at radius 3 is 2.24 bits per heavy atom. The maximum atomic E-state index is 13.0. The fourth-order valence-corrected chi connectivity index (χ4v) is 13.1. The average molecular weight is 845 g/mol. The van der Waals surface area contributed by atoms with Crippen molar-refractivity contribution in [2.75, 3.05) is 12.8 Å². The van der Waals surface area contributed by atoms with Crippen molar-refractivity contribution >= 4 is 36.3 Å². The number of carbonyl (C=O) groups is 4. The zero-order valence-electron chi connectivity index (χ0n) is 38.0. The number of rotatable bonds is 13. The normalized spacial score (nSPS) is 36.4. The van der Waals surface area contributed by atoms with E-state index in [0.29, 0.717) is 60.8 Å². The fraction of sp³-hybridized carbons (Fsp3) is 0.830. The van der Waals surface area contributed by atoms with Gasteiger partial charge >= 0.3 is 0 Å². The number of nitrogens with zero attached hydrogens (tertiary/aromatic N) is 1. The number of terminal acetylenes is 1. The number of β-lactam (4-membered cyclic amide) rings is 1. The standard InChI is InChI=1S/C32H48N2O6S.C7H16.C6H10N2O.C2H6/c1-16(5-8-24(37)33-26-29(40)34-23(14-35)17(2)15-41-30(26)34)19-6-7-20-25-21(10-12-31(19,20)3)32(4)11-9-18(36)13-22(32)27(38)28(25)39;1-4-5-6-7(2)3;1-3-4-6(7-2)8-5-9;1-2/h14,16,18-22,25-28,30,36,38-39H,5-13,15H2,1-4H3,(H,33,37);7H,4-6H2,1-3H3;1,5-7H,4H2,2H3,(H,8,9);1-2H3. The van der Waals surface area contributed by atoms with E-state index < -0.39 is 18.2 Å². The molecular weight excluding hydrogens is 765 g/mol. The highest BCUT2D eigenvalue weighted by Gasteiger charge is 2.65. The molecule has 12 heteroatoms. The van der Waals surface area contributed by atoms with Gasteiger partial charge in [0, 0.05) is 18.6 Å². The summed E-state index contributed by atoms with van der Waals surface area (Å²) in [4.78, 5) is 48.5. The van der Waals surface area contributed by atoms with Crippen LogP contribution in [0.4, 0.5) is 0 Å². The van der Waals surface area contributed by atoms with Crippen LogP contribution in [0.5, 0.6) is 0 Å². The van der Waals surface area contributed by atoms with E-state index in [4.69, 9.17) is 6.42 Å². The minimum atomic E-state index is -0.784. The molecule has 14 atom stereocenters. The number of aliphatic hydroxyl groups is 3. The van der Waals surface area contributed by atoms with Gasteiger partial charge < -0.3 is 26.0 Å². The van der Waals surface area contributed by atoms with Crippen LogP contribution in [0.25, 0.3) is 0 Å². The number of aliphatic hydroxyl groups excluding tert-OH is 3. The van der Waals surface area contributed by atoms with Crippen LogP contribution in [0.2, 0.25) is 0 Å². The van der Waals surface area contributed by atoms with Crippen LogP contribution in [0.1, 0.15) is 146 Å². The van der Waals surface area contributed by atoms with Gasteiger partial charge in [-0.3, -0.25) is 29.4 Å². The van der Waals surface area contributed by atoms with Crippen molar-refractivity contribution < 1.29 is 34.5 Å². The number of fused-ring (bicyclic) bond motifs is 6. The third kappa shape index (κ3) is 11.3. The maximum absolute atomic E-state index is 13.0. The minimum absolute atomic E-state index is 0.0439. The molecule has 11 nitrogen and oxygen atoms in total. The Morgan fingerprint density at radius 1 is 1.00 bits per heavy atom. The largest absolute Gasteiger partial charge is 0.393 e. The quantitative estimate of drug-likeness (QED) is 0.0533. The molecule has 1 saturated heterocycles. The molecule has 59 heavy (non-hydrogen) atoms.